The van der Waals surface area contributed by atoms with Crippen molar-refractivity contribution in [1.29, 1.82) is 0 Å². The van der Waals surface area contributed by atoms with Gasteiger partial charge in [-0.15, -0.1) is 0 Å². The maximum absolute atomic E-state index is 10.8. The second kappa shape index (κ2) is 4.05. The quantitative estimate of drug-likeness (QED) is 0.236. The van der Waals surface area contributed by atoms with Gasteiger partial charge in [-0.25, -0.2) is 13.2 Å². The van der Waals surface area contributed by atoms with E-state index < -0.39 is 20.9 Å². The summed E-state index contributed by atoms with van der Waals surface area (Å²) in [5, 5.41) is 2.28. The molecule has 0 aromatic heterocycles. The summed E-state index contributed by atoms with van der Waals surface area (Å²) >= 11 is 0. The number of esters is 1. The molecule has 6 nitrogen and oxygen atoms in total. The average molecular weight is 195 g/mol. The Balaban J connectivity index is 4.96. The summed E-state index contributed by atoms with van der Waals surface area (Å²) in [5.74, 6) is -1.04. The van der Waals surface area contributed by atoms with Crippen molar-refractivity contribution < 1.29 is 22.8 Å². The van der Waals surface area contributed by atoms with Crippen molar-refractivity contribution in [2.45, 2.75) is 0 Å². The first-order valence-electron chi connectivity index (χ1n) is 2.83. The van der Waals surface area contributed by atoms with Gasteiger partial charge < -0.3 is 9.57 Å². The molecule has 0 amide bonds. The van der Waals surface area contributed by atoms with Crippen molar-refractivity contribution in [3.05, 3.63) is 0 Å². The van der Waals surface area contributed by atoms with Crippen LogP contribution in [0.15, 0.2) is 5.16 Å². The van der Waals surface area contributed by atoms with Gasteiger partial charge in [0.2, 0.25) is 9.84 Å². The van der Waals surface area contributed by atoms with Gasteiger partial charge in [0.05, 0.1) is 7.11 Å². The van der Waals surface area contributed by atoms with E-state index in [-0.39, 0.29) is 0 Å². The molecule has 0 heterocycles. The minimum atomic E-state index is -3.69. The molecule has 0 unspecified atom stereocenters. The van der Waals surface area contributed by atoms with Crippen molar-refractivity contribution >= 4 is 20.9 Å². The third-order valence-electron chi connectivity index (χ3n) is 0.885. The molecule has 0 aliphatic rings. The zero-order valence-corrected chi connectivity index (χ0v) is 7.71. The summed E-state index contributed by atoms with van der Waals surface area (Å²) in [6.45, 7) is 0. The molecule has 0 bridgehead atoms. The molecule has 0 aromatic rings. The van der Waals surface area contributed by atoms with E-state index >= 15 is 0 Å². The molecule has 0 atom stereocenters. The Bertz CT molecular complexity index is 291. The van der Waals surface area contributed by atoms with Crippen LogP contribution in [0.25, 0.3) is 0 Å². The summed E-state index contributed by atoms with van der Waals surface area (Å²) in [5.41, 5.74) is 0. The molecule has 0 saturated heterocycles. The molecular formula is C5H9NO5S. The van der Waals surface area contributed by atoms with Gasteiger partial charge >= 0.3 is 5.97 Å². The van der Waals surface area contributed by atoms with Crippen molar-refractivity contribution in [3.8, 4) is 0 Å². The molecule has 0 rings (SSSR count). The molecule has 0 aromatic carbocycles. The van der Waals surface area contributed by atoms with Crippen LogP contribution in [0.5, 0.6) is 0 Å². The van der Waals surface area contributed by atoms with E-state index in [1.807, 2.05) is 0 Å². The fourth-order valence-corrected chi connectivity index (χ4v) is 1.02. The molecule has 0 spiro atoms. The van der Waals surface area contributed by atoms with Crippen LogP contribution in [-0.4, -0.2) is 39.9 Å². The van der Waals surface area contributed by atoms with E-state index in [1.165, 1.54) is 0 Å². The van der Waals surface area contributed by atoms with Crippen molar-refractivity contribution in [3.63, 3.8) is 0 Å². The fourth-order valence-electron chi connectivity index (χ4n) is 0.427. The first-order valence-corrected chi connectivity index (χ1v) is 4.72. The summed E-state index contributed by atoms with van der Waals surface area (Å²) in [7, 11) is -1.50. The van der Waals surface area contributed by atoms with Gasteiger partial charge in [0.25, 0.3) is 5.04 Å². The van der Waals surface area contributed by atoms with Gasteiger partial charge in [-0.1, -0.05) is 5.16 Å². The van der Waals surface area contributed by atoms with Crippen molar-refractivity contribution in [2.24, 2.45) is 5.16 Å². The van der Waals surface area contributed by atoms with Crippen LogP contribution in [0.2, 0.25) is 0 Å². The predicted molar refractivity (Wildman–Crippen MR) is 41.3 cm³/mol. The van der Waals surface area contributed by atoms with Crippen molar-refractivity contribution in [2.75, 3.05) is 20.5 Å². The molecule has 70 valence electrons. The third-order valence-corrected chi connectivity index (χ3v) is 1.83. The summed E-state index contributed by atoms with van der Waals surface area (Å²) in [6.07, 6.45) is 0.835. The lowest BCUT2D eigenvalue weighted by molar-refractivity contribution is -0.132. The number of hydrogen-bond donors (Lipinski definition) is 0. The second-order valence-corrected chi connectivity index (χ2v) is 3.77. The normalized spacial score (nSPS) is 12.4. The van der Waals surface area contributed by atoms with E-state index in [4.69, 9.17) is 0 Å². The maximum atomic E-state index is 10.8. The molecule has 0 saturated carbocycles. The van der Waals surface area contributed by atoms with Gasteiger partial charge in [0, 0.05) is 6.26 Å². The molecule has 0 N–H and O–H groups in total. The van der Waals surface area contributed by atoms with Crippen LogP contribution >= 0.6 is 0 Å². The standard InChI is InChI=1S/C5H9NO5S/c1-10-5(7)4(6-11-2)12(3,8)9/h1-3H3/b6-4-. The SMILES string of the molecule is CO/N=C(/C(=O)OC)S(C)(=O)=O. The number of carbonyl (C=O) groups is 1. The number of ether oxygens (including phenoxy) is 1. The Hall–Kier alpha value is -1.11. The van der Waals surface area contributed by atoms with Gasteiger partial charge in [0.15, 0.2) is 0 Å². The molecule has 7 heteroatoms. The van der Waals surface area contributed by atoms with Crippen LogP contribution in [0, 0.1) is 0 Å². The largest absolute Gasteiger partial charge is 0.464 e. The van der Waals surface area contributed by atoms with Gasteiger partial charge in [0.1, 0.15) is 7.11 Å². The highest BCUT2D eigenvalue weighted by atomic mass is 32.2. The van der Waals surface area contributed by atoms with Crippen LogP contribution in [0.4, 0.5) is 0 Å². The highest BCUT2D eigenvalue weighted by Gasteiger charge is 2.24. The Morgan fingerprint density at radius 1 is 1.33 bits per heavy atom. The number of oxime groups is 1. The zero-order valence-electron chi connectivity index (χ0n) is 6.90. The van der Waals surface area contributed by atoms with Crippen molar-refractivity contribution in [1.82, 2.24) is 0 Å². The monoisotopic (exact) mass is 195 g/mol. The Morgan fingerprint density at radius 3 is 2.08 bits per heavy atom. The second-order valence-electron chi connectivity index (χ2n) is 1.84. The topological polar surface area (TPSA) is 82.0 Å². The fraction of sp³-hybridized carbons (Fsp3) is 0.600. The highest BCUT2D eigenvalue weighted by molar-refractivity contribution is 8.07. The Morgan fingerprint density at radius 2 is 1.83 bits per heavy atom. The minimum absolute atomic E-state index is 0.743. The van der Waals surface area contributed by atoms with Crippen LogP contribution in [0.3, 0.4) is 0 Å². The molecule has 0 aliphatic heterocycles. The highest BCUT2D eigenvalue weighted by Crippen LogP contribution is 1.93. The number of methoxy groups -OCH3 is 1. The summed E-state index contributed by atoms with van der Waals surface area (Å²) in [6, 6.07) is 0. The van der Waals surface area contributed by atoms with Crippen LogP contribution < -0.4 is 0 Å². The lowest BCUT2D eigenvalue weighted by Crippen LogP contribution is -2.24. The smallest absolute Gasteiger partial charge is 0.372 e. The number of rotatable bonds is 1. The number of carbonyl (C=O) groups excluding carboxylic acids is 1. The predicted octanol–water partition coefficient (Wildman–Crippen LogP) is -0.836. The zero-order chi connectivity index (χ0) is 9.78. The lowest BCUT2D eigenvalue weighted by Gasteiger charge is -1.99. The molecule has 0 radical (unpaired) electrons. The summed E-state index contributed by atoms with van der Waals surface area (Å²) < 4.78 is 25.8. The summed E-state index contributed by atoms with van der Waals surface area (Å²) in [4.78, 5) is 14.9. The molecule has 12 heavy (non-hydrogen) atoms. The van der Waals surface area contributed by atoms with E-state index in [2.05, 4.69) is 14.7 Å². The van der Waals surface area contributed by atoms with Gasteiger partial charge in [-0.3, -0.25) is 0 Å². The van der Waals surface area contributed by atoms with Crippen LogP contribution in [-0.2, 0) is 24.2 Å². The van der Waals surface area contributed by atoms with E-state index in [9.17, 15) is 13.2 Å². The first-order chi connectivity index (χ1) is 5.43. The lowest BCUT2D eigenvalue weighted by atomic mass is 10.7. The molecule has 0 aliphatic carbocycles. The van der Waals surface area contributed by atoms with E-state index in [1.54, 1.807) is 0 Å². The maximum Gasteiger partial charge on any atom is 0.372 e. The Kier molecular flexibility index (Phi) is 3.68. The molecule has 0 fully saturated rings. The van der Waals surface area contributed by atoms with Crippen LogP contribution in [0.1, 0.15) is 0 Å². The van der Waals surface area contributed by atoms with Gasteiger partial charge in [-0.2, -0.15) is 0 Å². The number of nitrogens with zero attached hydrogens (tertiary/aromatic N) is 1. The van der Waals surface area contributed by atoms with E-state index in [0.717, 1.165) is 20.5 Å². The number of hydrogen-bond acceptors (Lipinski definition) is 6. The first kappa shape index (κ1) is 10.9. The number of sulfone groups is 1. The van der Waals surface area contributed by atoms with E-state index in [0.29, 0.717) is 0 Å². The Labute approximate surface area is 70.1 Å². The molecular weight excluding hydrogens is 186 g/mol. The van der Waals surface area contributed by atoms with Gasteiger partial charge in [-0.05, 0) is 0 Å². The minimum Gasteiger partial charge on any atom is -0.464 e. The average Bonchev–Trinajstić information content (AvgIpc) is 1.96. The third kappa shape index (κ3) is 2.87.